The Balaban J connectivity index is 2.13. The van der Waals surface area contributed by atoms with E-state index in [1.54, 1.807) is 24.3 Å². The van der Waals surface area contributed by atoms with Crippen molar-refractivity contribution in [2.24, 2.45) is 0 Å². The van der Waals surface area contributed by atoms with Crippen LogP contribution in [0.4, 0.5) is 5.82 Å². The quantitative estimate of drug-likeness (QED) is 0.741. The third-order valence-electron chi connectivity index (χ3n) is 3.25. The van der Waals surface area contributed by atoms with Crippen molar-refractivity contribution >= 4 is 26.8 Å². The first kappa shape index (κ1) is 14.1. The largest absolute Gasteiger partial charge is 0.463 e. The van der Waals surface area contributed by atoms with Crippen LogP contribution in [0.3, 0.4) is 0 Å². The first-order chi connectivity index (χ1) is 10.5. The van der Waals surface area contributed by atoms with Gasteiger partial charge in [-0.05, 0) is 24.3 Å². The summed E-state index contributed by atoms with van der Waals surface area (Å²) in [7, 11) is -2.46. The zero-order chi connectivity index (χ0) is 15.7. The molecule has 0 saturated heterocycles. The Bertz CT molecular complexity index is 986. The van der Waals surface area contributed by atoms with Crippen molar-refractivity contribution in [3.63, 3.8) is 0 Å². The molecule has 3 aromatic rings. The van der Waals surface area contributed by atoms with Gasteiger partial charge in [0.25, 0.3) is 10.0 Å². The van der Waals surface area contributed by atoms with E-state index >= 15 is 0 Å². The average Bonchev–Trinajstić information content (AvgIpc) is 3.02. The standard InChI is InChI=1S/C15H11N3O3S/c1-18(14-7-3-5-12(10-16)17-14)22(19,20)13-6-2-4-11-8-9-21-15(11)13/h2-9H,1H3. The lowest BCUT2D eigenvalue weighted by Crippen LogP contribution is -2.27. The first-order valence-corrected chi connectivity index (χ1v) is 7.80. The Kier molecular flexibility index (Phi) is 3.31. The molecule has 0 atom stereocenters. The normalized spacial score (nSPS) is 11.3. The number of benzene rings is 1. The summed E-state index contributed by atoms with van der Waals surface area (Å²) in [6.07, 6.45) is 1.44. The highest BCUT2D eigenvalue weighted by molar-refractivity contribution is 7.93. The molecule has 0 amide bonds. The molecule has 7 heteroatoms. The smallest absolute Gasteiger partial charge is 0.268 e. The predicted octanol–water partition coefficient (Wildman–Crippen LogP) is 2.52. The van der Waals surface area contributed by atoms with Crippen LogP contribution in [0.1, 0.15) is 5.69 Å². The number of furan rings is 1. The van der Waals surface area contributed by atoms with Gasteiger partial charge in [0.05, 0.1) is 6.26 Å². The number of pyridine rings is 1. The lowest BCUT2D eigenvalue weighted by molar-refractivity contribution is 0.583. The average molecular weight is 313 g/mol. The van der Waals surface area contributed by atoms with Crippen molar-refractivity contribution in [1.82, 2.24) is 4.98 Å². The van der Waals surface area contributed by atoms with Gasteiger partial charge >= 0.3 is 0 Å². The van der Waals surface area contributed by atoms with E-state index in [4.69, 9.17) is 9.68 Å². The van der Waals surface area contributed by atoms with Crippen LogP contribution in [0.2, 0.25) is 0 Å². The number of hydrogen-bond donors (Lipinski definition) is 0. The Morgan fingerprint density at radius 1 is 1.18 bits per heavy atom. The summed E-state index contributed by atoms with van der Waals surface area (Å²) >= 11 is 0. The number of hydrogen-bond acceptors (Lipinski definition) is 5. The van der Waals surface area contributed by atoms with E-state index in [0.29, 0.717) is 11.0 Å². The summed E-state index contributed by atoms with van der Waals surface area (Å²) in [5, 5.41) is 9.58. The zero-order valence-corrected chi connectivity index (χ0v) is 12.4. The van der Waals surface area contributed by atoms with Crippen molar-refractivity contribution in [2.45, 2.75) is 4.90 Å². The van der Waals surface area contributed by atoms with E-state index in [1.165, 1.54) is 31.5 Å². The highest BCUT2D eigenvalue weighted by Crippen LogP contribution is 2.28. The topological polar surface area (TPSA) is 87.2 Å². The second kappa shape index (κ2) is 5.16. The van der Waals surface area contributed by atoms with Gasteiger partial charge < -0.3 is 4.42 Å². The molecule has 0 spiro atoms. The van der Waals surface area contributed by atoms with Crippen LogP contribution in [0.5, 0.6) is 0 Å². The van der Waals surface area contributed by atoms with E-state index in [-0.39, 0.29) is 16.4 Å². The van der Waals surface area contributed by atoms with Gasteiger partial charge in [-0.1, -0.05) is 18.2 Å². The molecule has 22 heavy (non-hydrogen) atoms. The van der Waals surface area contributed by atoms with Gasteiger partial charge in [-0.3, -0.25) is 4.31 Å². The van der Waals surface area contributed by atoms with E-state index in [2.05, 4.69) is 4.98 Å². The summed E-state index contributed by atoms with van der Waals surface area (Å²) in [4.78, 5) is 4.06. The molecule has 0 radical (unpaired) electrons. The Labute approximate surface area is 127 Å². The third kappa shape index (κ3) is 2.19. The summed E-state index contributed by atoms with van der Waals surface area (Å²) < 4.78 is 31.9. The molecule has 3 rings (SSSR count). The molecule has 6 nitrogen and oxygen atoms in total. The molecule has 0 N–H and O–H groups in total. The van der Waals surface area contributed by atoms with Crippen LogP contribution in [-0.2, 0) is 10.0 Å². The summed E-state index contributed by atoms with van der Waals surface area (Å²) in [6, 6.07) is 13.1. The summed E-state index contributed by atoms with van der Waals surface area (Å²) in [6.45, 7) is 0. The summed E-state index contributed by atoms with van der Waals surface area (Å²) in [5.74, 6) is 0.169. The van der Waals surface area contributed by atoms with Crippen molar-refractivity contribution in [1.29, 1.82) is 5.26 Å². The molecular weight excluding hydrogens is 302 g/mol. The molecule has 0 unspecified atom stereocenters. The third-order valence-corrected chi connectivity index (χ3v) is 5.04. The van der Waals surface area contributed by atoms with Crippen molar-refractivity contribution in [3.8, 4) is 6.07 Å². The van der Waals surface area contributed by atoms with Crippen LogP contribution >= 0.6 is 0 Å². The fraction of sp³-hybridized carbons (Fsp3) is 0.0667. The van der Waals surface area contributed by atoms with Gasteiger partial charge in [0.1, 0.15) is 22.5 Å². The molecule has 0 aliphatic carbocycles. The number of fused-ring (bicyclic) bond motifs is 1. The van der Waals surface area contributed by atoms with Gasteiger partial charge in [-0.25, -0.2) is 13.4 Å². The van der Waals surface area contributed by atoms with Crippen LogP contribution in [0.25, 0.3) is 11.0 Å². The minimum absolute atomic E-state index is 0.0571. The van der Waals surface area contributed by atoms with Crippen molar-refractivity contribution < 1.29 is 12.8 Å². The SMILES string of the molecule is CN(c1cccc(C#N)n1)S(=O)(=O)c1cccc2ccoc12. The van der Waals surface area contributed by atoms with E-state index in [9.17, 15) is 8.42 Å². The predicted molar refractivity (Wildman–Crippen MR) is 80.8 cm³/mol. The van der Waals surface area contributed by atoms with E-state index < -0.39 is 10.0 Å². The molecule has 0 fully saturated rings. The maximum absolute atomic E-state index is 12.8. The monoisotopic (exact) mass is 313 g/mol. The van der Waals surface area contributed by atoms with Gasteiger partial charge in [0.15, 0.2) is 5.58 Å². The Morgan fingerprint density at radius 3 is 2.73 bits per heavy atom. The molecule has 0 aliphatic rings. The lowest BCUT2D eigenvalue weighted by Gasteiger charge is -2.18. The molecule has 1 aromatic carbocycles. The molecular formula is C15H11N3O3S. The second-order valence-electron chi connectivity index (χ2n) is 4.56. The Morgan fingerprint density at radius 2 is 1.95 bits per heavy atom. The highest BCUT2D eigenvalue weighted by Gasteiger charge is 2.26. The number of nitrogens with zero attached hydrogens (tertiary/aromatic N) is 3. The van der Waals surface area contributed by atoms with Crippen molar-refractivity contribution in [3.05, 3.63) is 54.4 Å². The molecule has 0 bridgehead atoms. The number of nitriles is 1. The molecule has 0 saturated carbocycles. The van der Waals surface area contributed by atoms with Crippen LogP contribution in [0, 0.1) is 11.3 Å². The minimum Gasteiger partial charge on any atom is -0.463 e. The Hall–Kier alpha value is -2.85. The minimum atomic E-state index is -3.85. The number of rotatable bonds is 3. The zero-order valence-electron chi connectivity index (χ0n) is 11.6. The highest BCUT2D eigenvalue weighted by atomic mass is 32.2. The van der Waals surface area contributed by atoms with Gasteiger partial charge in [-0.2, -0.15) is 5.26 Å². The second-order valence-corrected chi connectivity index (χ2v) is 6.50. The fourth-order valence-corrected chi connectivity index (χ4v) is 3.39. The fourth-order valence-electron chi connectivity index (χ4n) is 2.10. The van der Waals surface area contributed by atoms with Gasteiger partial charge in [0.2, 0.25) is 0 Å². The van der Waals surface area contributed by atoms with Crippen molar-refractivity contribution in [2.75, 3.05) is 11.4 Å². The van der Waals surface area contributed by atoms with Crippen LogP contribution < -0.4 is 4.31 Å². The van der Waals surface area contributed by atoms with Gasteiger partial charge in [0, 0.05) is 12.4 Å². The summed E-state index contributed by atoms with van der Waals surface area (Å²) in [5.41, 5.74) is 0.446. The number of sulfonamides is 1. The molecule has 2 aromatic heterocycles. The molecule has 110 valence electrons. The number of anilines is 1. The van der Waals surface area contributed by atoms with Crippen LogP contribution in [0.15, 0.2) is 58.0 Å². The maximum Gasteiger partial charge on any atom is 0.268 e. The lowest BCUT2D eigenvalue weighted by atomic mass is 10.3. The number of para-hydroxylation sites is 1. The maximum atomic E-state index is 12.8. The molecule has 2 heterocycles. The molecule has 0 aliphatic heterocycles. The van der Waals surface area contributed by atoms with E-state index in [1.807, 2.05) is 6.07 Å². The van der Waals surface area contributed by atoms with Gasteiger partial charge in [-0.15, -0.1) is 0 Å². The first-order valence-electron chi connectivity index (χ1n) is 6.36. The van der Waals surface area contributed by atoms with Crippen LogP contribution in [-0.4, -0.2) is 20.4 Å². The number of aromatic nitrogens is 1. The van der Waals surface area contributed by atoms with E-state index in [0.717, 1.165) is 4.31 Å².